The summed E-state index contributed by atoms with van der Waals surface area (Å²) < 4.78 is 11.2. The quantitative estimate of drug-likeness (QED) is 0.672. The van der Waals surface area contributed by atoms with Crippen LogP contribution in [0.3, 0.4) is 0 Å². The third-order valence-corrected chi connectivity index (χ3v) is 3.58. The topological polar surface area (TPSA) is 20.3 Å². The highest BCUT2D eigenvalue weighted by molar-refractivity contribution is 7.85. The Bertz CT molecular complexity index is 268. The minimum absolute atomic E-state index is 0.481. The molecule has 1 saturated heterocycles. The van der Waals surface area contributed by atoms with Crippen LogP contribution >= 0.6 is 0 Å². The van der Waals surface area contributed by atoms with Crippen molar-refractivity contribution in [3.8, 4) is 0 Å². The highest BCUT2D eigenvalue weighted by Gasteiger charge is 2.18. The molecule has 0 saturated carbocycles. The Kier molecular flexibility index (Phi) is 3.31. The average Bonchev–Trinajstić information content (AvgIpc) is 2.30. The molecule has 3 heteroatoms. The lowest BCUT2D eigenvalue weighted by atomic mass is 10.2. The Labute approximate surface area is 82.8 Å². The normalized spacial score (nSPS) is 26.0. The Hall–Kier alpha value is -0.570. The summed E-state index contributed by atoms with van der Waals surface area (Å²) in [5.74, 6) is 1.33. The van der Waals surface area contributed by atoms with Crippen LogP contribution in [0.25, 0.3) is 0 Å². The summed E-state index contributed by atoms with van der Waals surface area (Å²) in [7, 11) is 1.33. The minimum atomic E-state index is -0.707. The van der Waals surface area contributed by atoms with Crippen molar-refractivity contribution in [3.63, 3.8) is 0 Å². The second kappa shape index (κ2) is 4.09. The number of rotatable bonds is 2. The van der Waals surface area contributed by atoms with Gasteiger partial charge in [0.05, 0.1) is 5.75 Å². The number of hydrogen-bond acceptors (Lipinski definition) is 2. The molecule has 74 valence electrons. The van der Waals surface area contributed by atoms with Gasteiger partial charge < -0.3 is 4.90 Å². The van der Waals surface area contributed by atoms with E-state index in [1.165, 1.54) is 0 Å². The maximum absolute atomic E-state index is 11.2. The van der Waals surface area contributed by atoms with Crippen LogP contribution in [-0.4, -0.2) is 33.7 Å². The maximum Gasteiger partial charge on any atom is 0.0506 e. The molecule has 1 aliphatic rings. The van der Waals surface area contributed by atoms with Gasteiger partial charge in [0.1, 0.15) is 0 Å². The predicted octanol–water partition coefficient (Wildman–Crippen LogP) is 1.53. The molecule has 13 heavy (non-hydrogen) atoms. The lowest BCUT2D eigenvalue weighted by Gasteiger charge is -2.19. The van der Waals surface area contributed by atoms with Gasteiger partial charge in [-0.15, -0.1) is 0 Å². The van der Waals surface area contributed by atoms with Crippen molar-refractivity contribution in [2.75, 3.05) is 18.6 Å². The van der Waals surface area contributed by atoms with E-state index in [2.05, 4.69) is 31.5 Å². The van der Waals surface area contributed by atoms with E-state index in [9.17, 15) is 4.21 Å². The van der Waals surface area contributed by atoms with Gasteiger partial charge in [0.25, 0.3) is 0 Å². The van der Waals surface area contributed by atoms with Crippen LogP contribution in [0.15, 0.2) is 23.9 Å². The molecule has 1 unspecified atom stereocenters. The maximum atomic E-state index is 11.2. The van der Waals surface area contributed by atoms with Crippen molar-refractivity contribution in [1.82, 2.24) is 4.90 Å². The van der Waals surface area contributed by atoms with Gasteiger partial charge in [0.15, 0.2) is 0 Å². The molecule has 0 aromatic carbocycles. The Morgan fingerprint density at radius 3 is 2.54 bits per heavy atom. The average molecular weight is 199 g/mol. The Balaban J connectivity index is 2.71. The van der Waals surface area contributed by atoms with Crippen molar-refractivity contribution >= 4 is 10.8 Å². The highest BCUT2D eigenvalue weighted by Crippen LogP contribution is 2.20. The zero-order valence-electron chi connectivity index (χ0n) is 8.54. The molecule has 0 aromatic heterocycles. The molecule has 1 rings (SSSR count). The molecule has 0 aliphatic carbocycles. The zero-order valence-corrected chi connectivity index (χ0v) is 9.36. The molecule has 1 fully saturated rings. The van der Waals surface area contributed by atoms with Crippen LogP contribution in [0.4, 0.5) is 0 Å². The first-order chi connectivity index (χ1) is 6.00. The Morgan fingerprint density at radius 1 is 1.54 bits per heavy atom. The van der Waals surface area contributed by atoms with Gasteiger partial charge in [-0.3, -0.25) is 4.21 Å². The molecule has 0 bridgehead atoms. The van der Waals surface area contributed by atoms with Crippen molar-refractivity contribution < 1.29 is 4.21 Å². The van der Waals surface area contributed by atoms with E-state index in [1.807, 2.05) is 7.05 Å². The third kappa shape index (κ3) is 2.69. The van der Waals surface area contributed by atoms with Crippen molar-refractivity contribution in [3.05, 3.63) is 23.9 Å². The van der Waals surface area contributed by atoms with Crippen LogP contribution < -0.4 is 0 Å². The molecule has 0 N–H and O–H groups in total. The van der Waals surface area contributed by atoms with Gasteiger partial charge in [-0.2, -0.15) is 0 Å². The van der Waals surface area contributed by atoms with E-state index in [0.29, 0.717) is 17.5 Å². The lowest BCUT2D eigenvalue weighted by Crippen LogP contribution is -2.20. The van der Waals surface area contributed by atoms with Crippen LogP contribution in [0, 0.1) is 0 Å². The summed E-state index contributed by atoms with van der Waals surface area (Å²) in [5.41, 5.74) is 2.18. The molecule has 0 amide bonds. The fraction of sp³-hybridized carbons (Fsp3) is 0.600. The van der Waals surface area contributed by atoms with E-state index >= 15 is 0 Å². The van der Waals surface area contributed by atoms with E-state index in [-0.39, 0.29) is 0 Å². The van der Waals surface area contributed by atoms with E-state index in [1.54, 1.807) is 0 Å². The first-order valence-corrected chi connectivity index (χ1v) is 5.95. The Morgan fingerprint density at radius 2 is 2.15 bits per heavy atom. The van der Waals surface area contributed by atoms with Gasteiger partial charge in [-0.05, 0) is 25.0 Å². The summed E-state index contributed by atoms with van der Waals surface area (Å²) >= 11 is 0. The third-order valence-electron chi connectivity index (χ3n) is 2.28. The van der Waals surface area contributed by atoms with Crippen LogP contribution in [0.1, 0.15) is 13.8 Å². The van der Waals surface area contributed by atoms with Gasteiger partial charge in [0, 0.05) is 35.8 Å². The summed E-state index contributed by atoms with van der Waals surface area (Å²) in [5, 5.41) is 0. The van der Waals surface area contributed by atoms with Crippen molar-refractivity contribution in [2.45, 2.75) is 19.9 Å². The van der Waals surface area contributed by atoms with Crippen LogP contribution in [0.5, 0.6) is 0 Å². The van der Waals surface area contributed by atoms with E-state index in [0.717, 1.165) is 11.1 Å². The summed E-state index contributed by atoms with van der Waals surface area (Å²) in [6, 6.07) is 0.481. The van der Waals surface area contributed by atoms with Crippen molar-refractivity contribution in [2.24, 2.45) is 0 Å². The first-order valence-electron chi connectivity index (χ1n) is 4.46. The van der Waals surface area contributed by atoms with Gasteiger partial charge in [-0.25, -0.2) is 0 Å². The fourth-order valence-electron chi connectivity index (χ4n) is 1.14. The molecular formula is C10H17NOS. The molecule has 0 aromatic rings. The molecule has 1 heterocycles. The van der Waals surface area contributed by atoms with Crippen LogP contribution in [0.2, 0.25) is 0 Å². The standard InChI is InChI=1S/C10H17NOS/c1-8(2)11(4)5-10-7-13(12)6-9(10)3/h5,8H,3,6-7H2,1-2,4H3/b10-5-. The van der Waals surface area contributed by atoms with E-state index < -0.39 is 10.8 Å². The molecule has 0 radical (unpaired) electrons. The van der Waals surface area contributed by atoms with Crippen molar-refractivity contribution in [1.29, 1.82) is 0 Å². The molecule has 0 spiro atoms. The monoisotopic (exact) mass is 199 g/mol. The van der Waals surface area contributed by atoms with E-state index in [4.69, 9.17) is 0 Å². The second-order valence-electron chi connectivity index (χ2n) is 3.75. The van der Waals surface area contributed by atoms with Crippen LogP contribution in [-0.2, 0) is 10.8 Å². The molecule has 1 atom stereocenters. The fourth-order valence-corrected chi connectivity index (χ4v) is 2.44. The SMILES string of the molecule is C=C1CS(=O)C/C1=C/N(C)C(C)C. The van der Waals surface area contributed by atoms with Gasteiger partial charge in [-0.1, -0.05) is 6.58 Å². The highest BCUT2D eigenvalue weighted by atomic mass is 32.2. The predicted molar refractivity (Wildman–Crippen MR) is 58.0 cm³/mol. The number of hydrogen-bond donors (Lipinski definition) is 0. The summed E-state index contributed by atoms with van der Waals surface area (Å²) in [6.45, 7) is 8.17. The van der Waals surface area contributed by atoms with Gasteiger partial charge >= 0.3 is 0 Å². The largest absolute Gasteiger partial charge is 0.378 e. The first kappa shape index (κ1) is 10.5. The zero-order chi connectivity index (χ0) is 10.0. The number of nitrogens with zero attached hydrogens (tertiary/aromatic N) is 1. The minimum Gasteiger partial charge on any atom is -0.378 e. The van der Waals surface area contributed by atoms with Gasteiger partial charge in [0.2, 0.25) is 0 Å². The molecular weight excluding hydrogens is 182 g/mol. The lowest BCUT2D eigenvalue weighted by molar-refractivity contribution is 0.374. The molecule has 2 nitrogen and oxygen atoms in total. The molecule has 1 aliphatic heterocycles. The second-order valence-corrected chi connectivity index (χ2v) is 5.20. The summed E-state index contributed by atoms with van der Waals surface area (Å²) in [6.07, 6.45) is 2.07. The summed E-state index contributed by atoms with van der Waals surface area (Å²) in [4.78, 5) is 2.13. The smallest absolute Gasteiger partial charge is 0.0506 e.